The lowest BCUT2D eigenvalue weighted by Crippen LogP contribution is -2.43. The van der Waals surface area contributed by atoms with Crippen molar-refractivity contribution in [2.45, 2.75) is 31.8 Å². The van der Waals surface area contributed by atoms with E-state index < -0.39 is 11.5 Å². The smallest absolute Gasteiger partial charge is 0.249 e. The maximum atomic E-state index is 10.6. The van der Waals surface area contributed by atoms with Crippen molar-refractivity contribution in [3.63, 3.8) is 0 Å². The lowest BCUT2D eigenvalue weighted by molar-refractivity contribution is -0.136. The number of nitrogens with two attached hydrogens (primary N) is 1. The summed E-state index contributed by atoms with van der Waals surface area (Å²) in [5, 5.41) is 9.36. The summed E-state index contributed by atoms with van der Waals surface area (Å²) in [7, 11) is 0. The first-order valence-corrected chi connectivity index (χ1v) is 3.38. The summed E-state index contributed by atoms with van der Waals surface area (Å²) in [6.45, 7) is 5.33. The fourth-order valence-corrected chi connectivity index (χ4v) is 0.785. The number of hydrogen-bond acceptors (Lipinski definition) is 2. The zero-order valence-electron chi connectivity index (χ0n) is 6.26. The van der Waals surface area contributed by atoms with Crippen molar-refractivity contribution in [2.24, 2.45) is 5.73 Å². The molecule has 0 aliphatic rings. The van der Waals surface area contributed by atoms with Crippen LogP contribution in [0.15, 0.2) is 0 Å². The average molecular weight is 144 g/mol. The zero-order chi connectivity index (χ0) is 8.20. The van der Waals surface area contributed by atoms with E-state index in [1.807, 2.05) is 6.92 Å². The molecule has 0 aromatic carbocycles. The highest BCUT2D eigenvalue weighted by Crippen LogP contribution is 2.15. The topological polar surface area (TPSA) is 63.3 Å². The number of aliphatic hydroxyl groups is 1. The van der Waals surface area contributed by atoms with Crippen molar-refractivity contribution >= 4 is 5.91 Å². The summed E-state index contributed by atoms with van der Waals surface area (Å²) in [5.74, 6) is -0.677. The van der Waals surface area contributed by atoms with Crippen LogP contribution in [0.4, 0.5) is 0 Å². The van der Waals surface area contributed by atoms with Gasteiger partial charge in [0.25, 0.3) is 0 Å². The number of carbonyl (C=O) groups is 1. The molecule has 3 heteroatoms. The first-order valence-electron chi connectivity index (χ1n) is 3.38. The van der Waals surface area contributed by atoms with E-state index in [1.165, 1.54) is 0 Å². The van der Waals surface area contributed by atoms with Crippen LogP contribution in [0.2, 0.25) is 0 Å². The summed E-state index contributed by atoms with van der Waals surface area (Å²) < 4.78 is 0. The van der Waals surface area contributed by atoms with Gasteiger partial charge in [-0.1, -0.05) is 13.3 Å². The third-order valence-corrected chi connectivity index (χ3v) is 1.54. The Hall–Kier alpha value is -0.570. The Labute approximate surface area is 61.2 Å². The minimum atomic E-state index is -1.38. The molecule has 1 radical (unpaired) electrons. The summed E-state index contributed by atoms with van der Waals surface area (Å²) in [6, 6.07) is 0. The van der Waals surface area contributed by atoms with Gasteiger partial charge in [-0.2, -0.15) is 0 Å². The third kappa shape index (κ3) is 1.99. The Morgan fingerprint density at radius 1 is 1.80 bits per heavy atom. The predicted octanol–water partition coefficient (Wildman–Crippen LogP) is 0.227. The van der Waals surface area contributed by atoms with Crippen molar-refractivity contribution in [3.05, 3.63) is 6.92 Å². The van der Waals surface area contributed by atoms with Gasteiger partial charge < -0.3 is 10.8 Å². The van der Waals surface area contributed by atoms with Gasteiger partial charge in [0.2, 0.25) is 5.91 Å². The van der Waals surface area contributed by atoms with Crippen LogP contribution in [0, 0.1) is 6.92 Å². The molecule has 0 aliphatic carbocycles. The molecule has 0 rings (SSSR count). The van der Waals surface area contributed by atoms with E-state index in [1.54, 1.807) is 0 Å². The summed E-state index contributed by atoms with van der Waals surface area (Å²) in [4.78, 5) is 10.6. The molecule has 0 saturated carbocycles. The predicted molar refractivity (Wildman–Crippen MR) is 39.0 cm³/mol. The van der Waals surface area contributed by atoms with Crippen molar-refractivity contribution in [1.82, 2.24) is 0 Å². The van der Waals surface area contributed by atoms with Gasteiger partial charge in [0, 0.05) is 0 Å². The highest BCUT2D eigenvalue weighted by Gasteiger charge is 2.29. The maximum absolute atomic E-state index is 10.6. The van der Waals surface area contributed by atoms with Crippen LogP contribution < -0.4 is 5.73 Å². The lowest BCUT2D eigenvalue weighted by Gasteiger charge is -2.21. The Balaban J connectivity index is 4.08. The molecule has 59 valence electrons. The molecule has 0 bridgehead atoms. The molecule has 0 saturated heterocycles. The van der Waals surface area contributed by atoms with E-state index in [-0.39, 0.29) is 6.42 Å². The first-order chi connectivity index (χ1) is 4.56. The molecule has 0 aromatic heterocycles. The standard InChI is InChI=1S/C7H14NO2/c1-3-5-7(10,4-2)6(8)9/h10H,2-5H2,1H3,(H2,8,9). The maximum Gasteiger partial charge on any atom is 0.249 e. The molecule has 3 nitrogen and oxygen atoms in total. The minimum absolute atomic E-state index is 0.149. The molecular formula is C7H14NO2. The first kappa shape index (κ1) is 9.43. The number of rotatable bonds is 4. The SMILES string of the molecule is [CH2]CC(O)(CCC)C(N)=O. The molecule has 0 spiro atoms. The van der Waals surface area contributed by atoms with Gasteiger partial charge in [-0.05, 0) is 19.8 Å². The Morgan fingerprint density at radius 3 is 2.40 bits per heavy atom. The van der Waals surface area contributed by atoms with E-state index in [2.05, 4.69) is 6.92 Å². The average Bonchev–Trinajstić information content (AvgIpc) is 1.88. The van der Waals surface area contributed by atoms with Gasteiger partial charge >= 0.3 is 0 Å². The van der Waals surface area contributed by atoms with Crippen molar-refractivity contribution in [1.29, 1.82) is 0 Å². The third-order valence-electron chi connectivity index (χ3n) is 1.54. The summed E-state index contributed by atoms with van der Waals surface area (Å²) >= 11 is 0. The molecule has 1 amide bonds. The molecule has 1 unspecified atom stereocenters. The largest absolute Gasteiger partial charge is 0.380 e. The zero-order valence-corrected chi connectivity index (χ0v) is 6.26. The molecule has 3 N–H and O–H groups in total. The normalized spacial score (nSPS) is 16.3. The van der Waals surface area contributed by atoms with Crippen molar-refractivity contribution in [2.75, 3.05) is 0 Å². The number of primary amides is 1. The van der Waals surface area contributed by atoms with Crippen LogP contribution >= 0.6 is 0 Å². The van der Waals surface area contributed by atoms with Gasteiger partial charge in [-0.3, -0.25) is 4.79 Å². The Morgan fingerprint density at radius 2 is 2.30 bits per heavy atom. The van der Waals surface area contributed by atoms with Crippen LogP contribution in [0.25, 0.3) is 0 Å². The van der Waals surface area contributed by atoms with Gasteiger partial charge in [-0.25, -0.2) is 0 Å². The Bertz CT molecular complexity index is 125. The fraction of sp³-hybridized carbons (Fsp3) is 0.714. The van der Waals surface area contributed by atoms with E-state index in [4.69, 9.17) is 5.73 Å². The fourth-order valence-electron chi connectivity index (χ4n) is 0.785. The van der Waals surface area contributed by atoms with Gasteiger partial charge in [0.05, 0.1) is 0 Å². The summed E-state index contributed by atoms with van der Waals surface area (Å²) in [5.41, 5.74) is 3.56. The molecule has 1 atom stereocenters. The van der Waals surface area contributed by atoms with Gasteiger partial charge in [0.15, 0.2) is 0 Å². The Kier molecular flexibility index (Phi) is 3.36. The second-order valence-electron chi connectivity index (χ2n) is 2.40. The monoisotopic (exact) mass is 144 g/mol. The molecule has 0 aromatic rings. The van der Waals surface area contributed by atoms with Crippen molar-refractivity contribution < 1.29 is 9.90 Å². The van der Waals surface area contributed by atoms with Crippen molar-refractivity contribution in [3.8, 4) is 0 Å². The number of carbonyl (C=O) groups excluding carboxylic acids is 1. The molecule has 10 heavy (non-hydrogen) atoms. The number of amides is 1. The second kappa shape index (κ2) is 3.56. The highest BCUT2D eigenvalue weighted by atomic mass is 16.3. The number of hydrogen-bond donors (Lipinski definition) is 2. The van der Waals surface area contributed by atoms with E-state index in [9.17, 15) is 9.90 Å². The minimum Gasteiger partial charge on any atom is -0.380 e. The van der Waals surface area contributed by atoms with Gasteiger partial charge in [0.1, 0.15) is 5.60 Å². The van der Waals surface area contributed by atoms with Crippen LogP contribution in [0.3, 0.4) is 0 Å². The van der Waals surface area contributed by atoms with E-state index >= 15 is 0 Å². The van der Waals surface area contributed by atoms with E-state index in [0.717, 1.165) is 6.42 Å². The van der Waals surface area contributed by atoms with Gasteiger partial charge in [-0.15, -0.1) is 0 Å². The van der Waals surface area contributed by atoms with E-state index in [0.29, 0.717) is 6.42 Å². The molecule has 0 fully saturated rings. The lowest BCUT2D eigenvalue weighted by atomic mass is 9.94. The molecular weight excluding hydrogens is 130 g/mol. The van der Waals surface area contributed by atoms with Crippen LogP contribution in [-0.4, -0.2) is 16.6 Å². The van der Waals surface area contributed by atoms with Crippen LogP contribution in [0.5, 0.6) is 0 Å². The highest BCUT2D eigenvalue weighted by molar-refractivity contribution is 5.83. The second-order valence-corrected chi connectivity index (χ2v) is 2.40. The van der Waals surface area contributed by atoms with Crippen LogP contribution in [-0.2, 0) is 4.79 Å². The summed E-state index contributed by atoms with van der Waals surface area (Å²) in [6.07, 6.45) is 1.27. The molecule has 0 heterocycles. The quantitative estimate of drug-likeness (QED) is 0.593. The van der Waals surface area contributed by atoms with Crippen LogP contribution in [0.1, 0.15) is 26.2 Å². The molecule has 0 aliphatic heterocycles.